The molecular formula is C11H13F2NO. The molecule has 0 aromatic heterocycles. The topological polar surface area (TPSA) is 21.3 Å². The molecule has 1 saturated heterocycles. The fourth-order valence-corrected chi connectivity index (χ4v) is 1.77. The van der Waals surface area contributed by atoms with Gasteiger partial charge in [0.25, 0.3) is 0 Å². The average molecular weight is 213 g/mol. The van der Waals surface area contributed by atoms with Crippen molar-refractivity contribution in [1.82, 2.24) is 5.32 Å². The van der Waals surface area contributed by atoms with E-state index < -0.39 is 11.6 Å². The highest BCUT2D eigenvalue weighted by Crippen LogP contribution is 2.25. The Kier molecular flexibility index (Phi) is 2.98. The zero-order valence-electron chi connectivity index (χ0n) is 8.52. The van der Waals surface area contributed by atoms with Crippen molar-refractivity contribution in [3.8, 4) is 0 Å². The van der Waals surface area contributed by atoms with Crippen LogP contribution in [0.25, 0.3) is 0 Å². The highest BCUT2D eigenvalue weighted by Gasteiger charge is 2.20. The molecule has 15 heavy (non-hydrogen) atoms. The number of benzene rings is 1. The van der Waals surface area contributed by atoms with E-state index in [0.717, 1.165) is 12.6 Å². The SMILES string of the molecule is Cc1c(F)cc(F)cc1C1CNCCO1. The molecule has 1 aliphatic heterocycles. The molecule has 0 saturated carbocycles. The molecule has 1 fully saturated rings. The van der Waals surface area contributed by atoms with E-state index in [1.165, 1.54) is 6.07 Å². The van der Waals surface area contributed by atoms with Gasteiger partial charge in [-0.2, -0.15) is 0 Å². The molecule has 0 radical (unpaired) electrons. The Morgan fingerprint density at radius 1 is 1.40 bits per heavy atom. The monoisotopic (exact) mass is 213 g/mol. The fourth-order valence-electron chi connectivity index (χ4n) is 1.77. The zero-order valence-corrected chi connectivity index (χ0v) is 8.52. The van der Waals surface area contributed by atoms with Crippen LogP contribution in [0.5, 0.6) is 0 Å². The van der Waals surface area contributed by atoms with Crippen LogP contribution >= 0.6 is 0 Å². The summed E-state index contributed by atoms with van der Waals surface area (Å²) in [5, 5.41) is 3.13. The maximum atomic E-state index is 13.3. The first-order chi connectivity index (χ1) is 7.18. The predicted octanol–water partition coefficient (Wildman–Crippen LogP) is 1.93. The van der Waals surface area contributed by atoms with Crippen LogP contribution in [0.1, 0.15) is 17.2 Å². The number of rotatable bonds is 1. The molecule has 0 aliphatic carbocycles. The summed E-state index contributed by atoms with van der Waals surface area (Å²) in [6.07, 6.45) is -0.246. The minimum atomic E-state index is -0.553. The van der Waals surface area contributed by atoms with Crippen LogP contribution in [-0.4, -0.2) is 19.7 Å². The fraction of sp³-hybridized carbons (Fsp3) is 0.455. The Balaban J connectivity index is 2.33. The van der Waals surface area contributed by atoms with Crippen molar-refractivity contribution < 1.29 is 13.5 Å². The first-order valence-corrected chi connectivity index (χ1v) is 4.96. The zero-order chi connectivity index (χ0) is 10.8. The normalized spacial score (nSPS) is 21.7. The van der Waals surface area contributed by atoms with Crippen molar-refractivity contribution in [2.75, 3.05) is 19.7 Å². The first-order valence-electron chi connectivity index (χ1n) is 4.96. The van der Waals surface area contributed by atoms with Crippen LogP contribution in [0.3, 0.4) is 0 Å². The summed E-state index contributed by atoms with van der Waals surface area (Å²) in [7, 11) is 0. The largest absolute Gasteiger partial charge is 0.371 e. The Hall–Kier alpha value is -1.00. The number of morpholine rings is 1. The molecule has 2 nitrogen and oxygen atoms in total. The third kappa shape index (κ3) is 2.16. The van der Waals surface area contributed by atoms with Gasteiger partial charge in [-0.1, -0.05) is 0 Å². The second kappa shape index (κ2) is 4.24. The Morgan fingerprint density at radius 3 is 2.87 bits per heavy atom. The van der Waals surface area contributed by atoms with Gasteiger partial charge in [0.2, 0.25) is 0 Å². The first kappa shape index (κ1) is 10.5. The van der Waals surface area contributed by atoms with Crippen LogP contribution in [0.15, 0.2) is 12.1 Å². The van der Waals surface area contributed by atoms with Crippen LogP contribution in [-0.2, 0) is 4.74 Å². The molecule has 1 aliphatic rings. The number of nitrogens with one attached hydrogen (secondary N) is 1. The van der Waals surface area contributed by atoms with Gasteiger partial charge < -0.3 is 10.1 Å². The molecule has 0 spiro atoms. The lowest BCUT2D eigenvalue weighted by atomic mass is 10.0. The van der Waals surface area contributed by atoms with Crippen LogP contribution in [0.2, 0.25) is 0 Å². The lowest BCUT2D eigenvalue weighted by Crippen LogP contribution is -2.33. The van der Waals surface area contributed by atoms with Crippen molar-refractivity contribution in [2.24, 2.45) is 0 Å². The number of hydrogen-bond donors (Lipinski definition) is 1. The molecule has 2 rings (SSSR count). The van der Waals surface area contributed by atoms with Gasteiger partial charge in [0.1, 0.15) is 11.6 Å². The summed E-state index contributed by atoms with van der Waals surface area (Å²) < 4.78 is 31.8. The molecule has 4 heteroatoms. The smallest absolute Gasteiger partial charge is 0.129 e. The second-order valence-corrected chi connectivity index (χ2v) is 3.67. The molecular weight excluding hydrogens is 200 g/mol. The molecule has 0 amide bonds. The molecule has 1 atom stereocenters. The van der Waals surface area contributed by atoms with Gasteiger partial charge >= 0.3 is 0 Å². The minimum Gasteiger partial charge on any atom is -0.371 e. The average Bonchev–Trinajstić information content (AvgIpc) is 2.24. The van der Waals surface area contributed by atoms with Gasteiger partial charge in [-0.05, 0) is 24.1 Å². The van der Waals surface area contributed by atoms with Crippen molar-refractivity contribution >= 4 is 0 Å². The van der Waals surface area contributed by atoms with Gasteiger partial charge in [0, 0.05) is 19.2 Å². The van der Waals surface area contributed by atoms with Gasteiger partial charge in [-0.3, -0.25) is 0 Å². The highest BCUT2D eigenvalue weighted by molar-refractivity contribution is 5.30. The Labute approximate surface area is 87.2 Å². The van der Waals surface area contributed by atoms with Crippen molar-refractivity contribution in [3.05, 3.63) is 34.9 Å². The van der Waals surface area contributed by atoms with E-state index >= 15 is 0 Å². The maximum Gasteiger partial charge on any atom is 0.129 e. The molecule has 1 heterocycles. The molecule has 0 bridgehead atoms. The van der Waals surface area contributed by atoms with Crippen LogP contribution < -0.4 is 5.32 Å². The molecule has 1 unspecified atom stereocenters. The third-order valence-electron chi connectivity index (χ3n) is 2.62. The van der Waals surface area contributed by atoms with Crippen molar-refractivity contribution in [1.29, 1.82) is 0 Å². The van der Waals surface area contributed by atoms with Gasteiger partial charge in [-0.25, -0.2) is 8.78 Å². The van der Waals surface area contributed by atoms with Crippen LogP contribution in [0.4, 0.5) is 8.78 Å². The van der Waals surface area contributed by atoms with E-state index in [-0.39, 0.29) is 6.10 Å². The Morgan fingerprint density at radius 2 is 2.20 bits per heavy atom. The van der Waals surface area contributed by atoms with E-state index in [2.05, 4.69) is 5.32 Å². The van der Waals surface area contributed by atoms with E-state index in [1.807, 2.05) is 0 Å². The lowest BCUT2D eigenvalue weighted by molar-refractivity contribution is 0.0269. The summed E-state index contributed by atoms with van der Waals surface area (Å²) in [5.74, 6) is -1.07. The van der Waals surface area contributed by atoms with E-state index in [0.29, 0.717) is 24.3 Å². The summed E-state index contributed by atoms with van der Waals surface area (Å²) in [4.78, 5) is 0. The van der Waals surface area contributed by atoms with Gasteiger partial charge in [-0.15, -0.1) is 0 Å². The third-order valence-corrected chi connectivity index (χ3v) is 2.62. The predicted molar refractivity (Wildman–Crippen MR) is 52.7 cm³/mol. The lowest BCUT2D eigenvalue weighted by Gasteiger charge is -2.25. The summed E-state index contributed by atoms with van der Waals surface area (Å²) >= 11 is 0. The van der Waals surface area contributed by atoms with Crippen molar-refractivity contribution in [3.63, 3.8) is 0 Å². The number of hydrogen-bond acceptors (Lipinski definition) is 2. The van der Waals surface area contributed by atoms with E-state index in [4.69, 9.17) is 4.74 Å². The number of ether oxygens (including phenoxy) is 1. The minimum absolute atomic E-state index is 0.246. The van der Waals surface area contributed by atoms with Gasteiger partial charge in [0.05, 0.1) is 12.7 Å². The number of halogens is 2. The highest BCUT2D eigenvalue weighted by atomic mass is 19.1. The summed E-state index contributed by atoms with van der Waals surface area (Å²) in [6, 6.07) is 2.24. The van der Waals surface area contributed by atoms with E-state index in [1.54, 1.807) is 6.92 Å². The maximum absolute atomic E-state index is 13.3. The van der Waals surface area contributed by atoms with E-state index in [9.17, 15) is 8.78 Å². The quantitative estimate of drug-likeness (QED) is 0.769. The Bertz CT molecular complexity index is 362. The molecule has 1 aromatic rings. The van der Waals surface area contributed by atoms with Gasteiger partial charge in [0.15, 0.2) is 0 Å². The van der Waals surface area contributed by atoms with Crippen LogP contribution in [0, 0.1) is 18.6 Å². The summed E-state index contributed by atoms with van der Waals surface area (Å²) in [5.41, 5.74) is 1.06. The standard InChI is InChI=1S/C11H13F2NO/c1-7-9(4-8(12)5-10(7)13)11-6-14-2-3-15-11/h4-5,11,14H,2-3,6H2,1H3. The molecule has 1 N–H and O–H groups in total. The molecule has 1 aromatic carbocycles. The summed E-state index contributed by atoms with van der Waals surface area (Å²) in [6.45, 7) is 3.60. The second-order valence-electron chi connectivity index (χ2n) is 3.67. The van der Waals surface area contributed by atoms with Crippen molar-refractivity contribution in [2.45, 2.75) is 13.0 Å². The molecule has 82 valence electrons.